The van der Waals surface area contributed by atoms with Crippen molar-refractivity contribution >= 4 is 10.9 Å². The summed E-state index contributed by atoms with van der Waals surface area (Å²) in [6.07, 6.45) is 1.09. The predicted octanol–water partition coefficient (Wildman–Crippen LogP) is 2.78. The van der Waals surface area contributed by atoms with Gasteiger partial charge < -0.3 is 14.5 Å². The first-order chi connectivity index (χ1) is 11.6. The van der Waals surface area contributed by atoms with E-state index < -0.39 is 0 Å². The number of hydrogen-bond acceptors (Lipinski definition) is 4. The highest BCUT2D eigenvalue weighted by atomic mass is 16.5. The smallest absolute Gasteiger partial charge is 0.252 e. The lowest BCUT2D eigenvalue weighted by atomic mass is 10.0. The Morgan fingerprint density at radius 2 is 2.21 bits per heavy atom. The molecular formula is C19H26N2O3. The van der Waals surface area contributed by atoms with Gasteiger partial charge in [0, 0.05) is 30.8 Å². The minimum atomic E-state index is -0.0226. The van der Waals surface area contributed by atoms with E-state index in [0.717, 1.165) is 48.4 Å². The number of aromatic amines is 1. The van der Waals surface area contributed by atoms with E-state index in [9.17, 15) is 4.79 Å². The van der Waals surface area contributed by atoms with Gasteiger partial charge in [0.2, 0.25) is 0 Å². The Bertz CT molecular complexity index is 754. The molecule has 1 aromatic carbocycles. The van der Waals surface area contributed by atoms with Gasteiger partial charge in [0.1, 0.15) is 5.75 Å². The molecule has 2 aromatic rings. The lowest BCUT2D eigenvalue weighted by Gasteiger charge is -2.36. The van der Waals surface area contributed by atoms with Crippen molar-refractivity contribution in [1.82, 2.24) is 9.88 Å². The highest BCUT2D eigenvalue weighted by Gasteiger charge is 2.24. The molecule has 3 rings (SSSR count). The van der Waals surface area contributed by atoms with E-state index in [1.165, 1.54) is 0 Å². The molecule has 24 heavy (non-hydrogen) atoms. The van der Waals surface area contributed by atoms with Crippen LogP contribution < -0.4 is 10.3 Å². The van der Waals surface area contributed by atoms with Crippen molar-refractivity contribution in [3.05, 3.63) is 40.2 Å². The molecule has 0 radical (unpaired) electrons. The Balaban J connectivity index is 1.85. The van der Waals surface area contributed by atoms with Crippen LogP contribution in [0.5, 0.6) is 5.75 Å². The number of fused-ring (bicyclic) bond motifs is 1. The van der Waals surface area contributed by atoms with Gasteiger partial charge >= 0.3 is 0 Å². The van der Waals surface area contributed by atoms with Crippen molar-refractivity contribution in [3.8, 4) is 5.75 Å². The van der Waals surface area contributed by atoms with E-state index in [4.69, 9.17) is 9.47 Å². The maximum Gasteiger partial charge on any atom is 0.252 e. The van der Waals surface area contributed by atoms with Gasteiger partial charge in [0.25, 0.3) is 5.56 Å². The maximum atomic E-state index is 12.5. The molecule has 1 atom stereocenters. The lowest BCUT2D eigenvalue weighted by Crippen LogP contribution is -2.46. The fourth-order valence-corrected chi connectivity index (χ4v) is 3.35. The third-order valence-electron chi connectivity index (χ3n) is 4.60. The van der Waals surface area contributed by atoms with Crippen LogP contribution in [0.2, 0.25) is 0 Å². The minimum Gasteiger partial charge on any atom is -0.497 e. The molecule has 1 aliphatic rings. The molecule has 1 N–H and O–H groups in total. The second-order valence-corrected chi connectivity index (χ2v) is 6.91. The van der Waals surface area contributed by atoms with Gasteiger partial charge in [0.05, 0.1) is 25.8 Å². The molecule has 1 unspecified atom stereocenters. The van der Waals surface area contributed by atoms with Crippen molar-refractivity contribution < 1.29 is 9.47 Å². The number of ether oxygens (including phenoxy) is 2. The van der Waals surface area contributed by atoms with Crippen molar-refractivity contribution in [2.75, 3.05) is 26.9 Å². The largest absolute Gasteiger partial charge is 0.497 e. The molecule has 0 bridgehead atoms. The number of pyridine rings is 1. The summed E-state index contributed by atoms with van der Waals surface area (Å²) in [7, 11) is 1.63. The zero-order chi connectivity index (χ0) is 17.1. The van der Waals surface area contributed by atoms with Gasteiger partial charge in [-0.15, -0.1) is 0 Å². The molecule has 1 fully saturated rings. The molecule has 0 amide bonds. The molecule has 130 valence electrons. The third kappa shape index (κ3) is 3.79. The molecular weight excluding hydrogens is 304 g/mol. The zero-order valence-electron chi connectivity index (χ0n) is 14.7. The summed E-state index contributed by atoms with van der Waals surface area (Å²) in [6, 6.07) is 8.13. The second-order valence-electron chi connectivity index (χ2n) is 6.91. The van der Waals surface area contributed by atoms with Gasteiger partial charge in [-0.25, -0.2) is 0 Å². The SMILES string of the molecule is COc1ccc2cc(CN3CCOCC3CC(C)C)c(=O)[nH]c2c1. The Morgan fingerprint density at radius 3 is 2.96 bits per heavy atom. The number of benzene rings is 1. The average molecular weight is 330 g/mol. The maximum absolute atomic E-state index is 12.5. The van der Waals surface area contributed by atoms with Gasteiger partial charge in [0.15, 0.2) is 0 Å². The summed E-state index contributed by atoms with van der Waals surface area (Å²) in [5.41, 5.74) is 1.60. The molecule has 1 aliphatic heterocycles. The number of aromatic nitrogens is 1. The number of methoxy groups -OCH3 is 1. The van der Waals surface area contributed by atoms with E-state index in [0.29, 0.717) is 18.5 Å². The van der Waals surface area contributed by atoms with Crippen molar-refractivity contribution in [2.24, 2.45) is 5.92 Å². The normalized spacial score (nSPS) is 19.1. The average Bonchev–Trinajstić information content (AvgIpc) is 2.56. The van der Waals surface area contributed by atoms with E-state index in [1.807, 2.05) is 24.3 Å². The third-order valence-corrected chi connectivity index (χ3v) is 4.60. The van der Waals surface area contributed by atoms with E-state index >= 15 is 0 Å². The van der Waals surface area contributed by atoms with Gasteiger partial charge in [-0.2, -0.15) is 0 Å². The van der Waals surface area contributed by atoms with E-state index in [2.05, 4.69) is 23.7 Å². The molecule has 0 spiro atoms. The quantitative estimate of drug-likeness (QED) is 0.916. The summed E-state index contributed by atoms with van der Waals surface area (Å²) in [4.78, 5) is 17.8. The number of nitrogens with one attached hydrogen (secondary N) is 1. The first-order valence-corrected chi connectivity index (χ1v) is 8.58. The summed E-state index contributed by atoms with van der Waals surface area (Å²) in [5.74, 6) is 1.36. The zero-order valence-corrected chi connectivity index (χ0v) is 14.7. The molecule has 1 saturated heterocycles. The number of rotatable bonds is 5. The number of hydrogen-bond donors (Lipinski definition) is 1. The number of morpholine rings is 1. The van der Waals surface area contributed by atoms with Gasteiger partial charge in [-0.05, 0) is 35.9 Å². The first kappa shape index (κ1) is 17.0. The van der Waals surface area contributed by atoms with Crippen LogP contribution in [0.1, 0.15) is 25.8 Å². The topological polar surface area (TPSA) is 54.6 Å². The Labute approximate surface area is 142 Å². The highest BCUT2D eigenvalue weighted by Crippen LogP contribution is 2.21. The fourth-order valence-electron chi connectivity index (χ4n) is 3.35. The van der Waals surface area contributed by atoms with Crippen LogP contribution in [-0.2, 0) is 11.3 Å². The van der Waals surface area contributed by atoms with Crippen molar-refractivity contribution in [1.29, 1.82) is 0 Å². The summed E-state index contributed by atoms with van der Waals surface area (Å²) in [5, 5.41) is 1.03. The molecule has 5 nitrogen and oxygen atoms in total. The van der Waals surface area contributed by atoms with Crippen LogP contribution in [0.4, 0.5) is 0 Å². The first-order valence-electron chi connectivity index (χ1n) is 8.58. The van der Waals surface area contributed by atoms with Crippen LogP contribution >= 0.6 is 0 Å². The number of nitrogens with zero attached hydrogens (tertiary/aromatic N) is 1. The fraction of sp³-hybridized carbons (Fsp3) is 0.526. The van der Waals surface area contributed by atoms with Crippen molar-refractivity contribution in [3.63, 3.8) is 0 Å². The standard InChI is InChI=1S/C19H26N2O3/c1-13(2)8-16-12-24-7-6-21(16)11-15-9-14-4-5-17(23-3)10-18(14)20-19(15)22/h4-5,9-10,13,16H,6-8,11-12H2,1-3H3,(H,20,22). The number of H-pyrrole nitrogens is 1. The molecule has 5 heteroatoms. The molecule has 1 aromatic heterocycles. The Morgan fingerprint density at radius 1 is 1.38 bits per heavy atom. The monoisotopic (exact) mass is 330 g/mol. The minimum absolute atomic E-state index is 0.0226. The molecule has 2 heterocycles. The molecule has 0 aliphatic carbocycles. The summed E-state index contributed by atoms with van der Waals surface area (Å²) in [6.45, 7) is 7.47. The Hall–Kier alpha value is -1.85. The van der Waals surface area contributed by atoms with E-state index in [-0.39, 0.29) is 5.56 Å². The van der Waals surface area contributed by atoms with Crippen LogP contribution in [0.3, 0.4) is 0 Å². The van der Waals surface area contributed by atoms with Crippen LogP contribution in [0.15, 0.2) is 29.1 Å². The van der Waals surface area contributed by atoms with Gasteiger partial charge in [-0.3, -0.25) is 9.69 Å². The van der Waals surface area contributed by atoms with Crippen LogP contribution in [-0.4, -0.2) is 42.8 Å². The molecule has 0 saturated carbocycles. The summed E-state index contributed by atoms with van der Waals surface area (Å²) >= 11 is 0. The second kappa shape index (κ2) is 7.36. The van der Waals surface area contributed by atoms with E-state index in [1.54, 1.807) is 7.11 Å². The summed E-state index contributed by atoms with van der Waals surface area (Å²) < 4.78 is 10.9. The van der Waals surface area contributed by atoms with Crippen molar-refractivity contribution in [2.45, 2.75) is 32.9 Å². The van der Waals surface area contributed by atoms with Crippen LogP contribution in [0, 0.1) is 5.92 Å². The lowest BCUT2D eigenvalue weighted by molar-refractivity contribution is -0.0188. The van der Waals surface area contributed by atoms with Crippen LogP contribution in [0.25, 0.3) is 10.9 Å². The highest BCUT2D eigenvalue weighted by molar-refractivity contribution is 5.80. The van der Waals surface area contributed by atoms with Gasteiger partial charge in [-0.1, -0.05) is 13.8 Å². The Kier molecular flexibility index (Phi) is 5.21. The predicted molar refractivity (Wildman–Crippen MR) is 95.6 cm³/mol.